The van der Waals surface area contributed by atoms with Crippen LogP contribution < -0.4 is 10.6 Å². The fourth-order valence-corrected chi connectivity index (χ4v) is 4.87. The second-order valence-electron chi connectivity index (χ2n) is 5.46. The molecule has 3 heterocycles. The molecule has 1 amide bonds. The molecule has 0 saturated carbocycles. The summed E-state index contributed by atoms with van der Waals surface area (Å²) in [4.78, 5) is 24.6. The van der Waals surface area contributed by atoms with Crippen LogP contribution in [0.1, 0.15) is 28.6 Å². The second-order valence-corrected chi connectivity index (χ2v) is 7.42. The minimum atomic E-state index is -2.86. The minimum absolute atomic E-state index is 0.108. The maximum absolute atomic E-state index is 13.2. The molecule has 1 aliphatic heterocycles. The molecule has 0 radical (unpaired) electrons. The van der Waals surface area contributed by atoms with E-state index in [2.05, 4.69) is 10.6 Å². The van der Waals surface area contributed by atoms with Gasteiger partial charge in [0.2, 0.25) is 5.91 Å². The lowest BCUT2D eigenvalue weighted by molar-refractivity contribution is -0.123. The van der Waals surface area contributed by atoms with Crippen molar-refractivity contribution in [2.45, 2.75) is 31.9 Å². The zero-order valence-electron chi connectivity index (χ0n) is 12.9. The molecule has 2 aromatic heterocycles. The van der Waals surface area contributed by atoms with Crippen LogP contribution in [-0.4, -0.2) is 37.0 Å². The van der Waals surface area contributed by atoms with Gasteiger partial charge in [-0.1, -0.05) is 0 Å². The Morgan fingerprint density at radius 3 is 2.96 bits per heavy atom. The monoisotopic (exact) mass is 374 g/mol. The molecule has 0 bridgehead atoms. The molecule has 2 aromatic rings. The third-order valence-electron chi connectivity index (χ3n) is 3.72. The van der Waals surface area contributed by atoms with Gasteiger partial charge in [-0.3, -0.25) is 10.1 Å². The van der Waals surface area contributed by atoms with Gasteiger partial charge in [0.05, 0.1) is 23.9 Å². The summed E-state index contributed by atoms with van der Waals surface area (Å²) in [6, 6.07) is 0.987. The van der Waals surface area contributed by atoms with Gasteiger partial charge in [0.25, 0.3) is 5.92 Å². The number of hydrogen-bond donors (Lipinski definition) is 2. The van der Waals surface area contributed by atoms with Crippen molar-refractivity contribution in [3.63, 3.8) is 0 Å². The van der Waals surface area contributed by atoms with Crippen molar-refractivity contribution < 1.29 is 23.1 Å². The van der Waals surface area contributed by atoms with Crippen molar-refractivity contribution in [1.82, 2.24) is 10.6 Å². The fourth-order valence-electron chi connectivity index (χ4n) is 2.59. The lowest BCUT2D eigenvalue weighted by Gasteiger charge is -2.11. The first-order chi connectivity index (χ1) is 11.4. The Kier molecular flexibility index (Phi) is 4.84. The number of halogens is 2. The highest BCUT2D eigenvalue weighted by molar-refractivity contribution is 7.28. The summed E-state index contributed by atoms with van der Waals surface area (Å²) in [5, 5.41) is 7.08. The zero-order valence-corrected chi connectivity index (χ0v) is 14.5. The third kappa shape index (κ3) is 3.42. The first-order valence-electron chi connectivity index (χ1n) is 7.46. The number of fused-ring (bicyclic) bond motifs is 1. The van der Waals surface area contributed by atoms with E-state index < -0.39 is 36.8 Å². The maximum atomic E-state index is 13.2. The summed E-state index contributed by atoms with van der Waals surface area (Å²) >= 11 is 2.78. The summed E-state index contributed by atoms with van der Waals surface area (Å²) in [6.45, 7) is 1.60. The highest BCUT2D eigenvalue weighted by Crippen LogP contribution is 2.36. The Morgan fingerprint density at radius 1 is 1.50 bits per heavy atom. The Balaban J connectivity index is 1.74. The van der Waals surface area contributed by atoms with E-state index in [0.717, 1.165) is 9.40 Å². The first kappa shape index (κ1) is 17.2. The molecule has 1 atom stereocenters. The molecule has 1 saturated heterocycles. The third-order valence-corrected chi connectivity index (χ3v) is 6.00. The van der Waals surface area contributed by atoms with Gasteiger partial charge < -0.3 is 10.1 Å². The van der Waals surface area contributed by atoms with Crippen LogP contribution in [-0.2, 0) is 16.1 Å². The van der Waals surface area contributed by atoms with Crippen molar-refractivity contribution in [3.8, 4) is 0 Å². The van der Waals surface area contributed by atoms with Crippen LogP contribution in [0.4, 0.5) is 8.78 Å². The van der Waals surface area contributed by atoms with Gasteiger partial charge in [-0.25, -0.2) is 13.6 Å². The smallest absolute Gasteiger partial charge is 0.348 e. The Labute approximate surface area is 145 Å². The number of amides is 1. The minimum Gasteiger partial charge on any atom is -0.462 e. The van der Waals surface area contributed by atoms with Crippen molar-refractivity contribution >= 4 is 43.9 Å². The highest BCUT2D eigenvalue weighted by atomic mass is 32.1. The largest absolute Gasteiger partial charge is 0.462 e. The predicted octanol–water partition coefficient (Wildman–Crippen LogP) is 2.75. The molecule has 2 N–H and O–H groups in total. The fraction of sp³-hybridized carbons (Fsp3) is 0.467. The summed E-state index contributed by atoms with van der Waals surface area (Å²) in [5.74, 6) is -3.78. The van der Waals surface area contributed by atoms with E-state index in [1.165, 1.54) is 22.7 Å². The summed E-state index contributed by atoms with van der Waals surface area (Å²) in [5.41, 5.74) is 0.682. The van der Waals surface area contributed by atoms with E-state index in [1.807, 2.05) is 11.4 Å². The molecule has 24 heavy (non-hydrogen) atoms. The number of esters is 1. The Morgan fingerprint density at radius 2 is 2.29 bits per heavy atom. The van der Waals surface area contributed by atoms with E-state index >= 15 is 0 Å². The number of hydrogen-bond acceptors (Lipinski definition) is 6. The van der Waals surface area contributed by atoms with Crippen LogP contribution in [0.3, 0.4) is 0 Å². The standard InChI is InChI=1S/C15H16F2N2O3S2/c1-2-22-14(21)12-8(11-10(24-12)3-4-23-11)6-18-13(20)9-5-15(16,17)7-19-9/h3-4,9,19H,2,5-7H2,1H3,(H,18,20). The van der Waals surface area contributed by atoms with Crippen molar-refractivity contribution in [2.24, 2.45) is 0 Å². The maximum Gasteiger partial charge on any atom is 0.348 e. The van der Waals surface area contributed by atoms with Crippen molar-refractivity contribution in [2.75, 3.05) is 13.2 Å². The summed E-state index contributed by atoms with van der Waals surface area (Å²) in [7, 11) is 0. The van der Waals surface area contributed by atoms with Gasteiger partial charge in [-0.05, 0) is 18.4 Å². The Hall–Kier alpha value is -1.58. The van der Waals surface area contributed by atoms with Gasteiger partial charge in [-0.2, -0.15) is 0 Å². The topological polar surface area (TPSA) is 67.4 Å². The van der Waals surface area contributed by atoms with Gasteiger partial charge in [-0.15, -0.1) is 22.7 Å². The second kappa shape index (κ2) is 6.73. The summed E-state index contributed by atoms with van der Waals surface area (Å²) in [6.07, 6.45) is -0.512. The molecule has 130 valence electrons. The predicted molar refractivity (Wildman–Crippen MR) is 88.9 cm³/mol. The molecule has 0 aliphatic carbocycles. The van der Waals surface area contributed by atoms with E-state index in [4.69, 9.17) is 4.74 Å². The molecule has 3 rings (SSSR count). The number of carbonyl (C=O) groups excluding carboxylic acids is 2. The van der Waals surface area contributed by atoms with Gasteiger partial charge in [0, 0.05) is 23.2 Å². The quantitative estimate of drug-likeness (QED) is 0.790. The van der Waals surface area contributed by atoms with Crippen LogP contribution >= 0.6 is 22.7 Å². The molecule has 1 aliphatic rings. The van der Waals surface area contributed by atoms with E-state index in [9.17, 15) is 18.4 Å². The summed E-state index contributed by atoms with van der Waals surface area (Å²) < 4.78 is 33.3. The number of alkyl halides is 2. The normalized spacial score (nSPS) is 19.5. The van der Waals surface area contributed by atoms with Crippen molar-refractivity contribution in [3.05, 3.63) is 21.9 Å². The van der Waals surface area contributed by atoms with E-state index in [-0.39, 0.29) is 13.2 Å². The molecule has 5 nitrogen and oxygen atoms in total. The number of ether oxygens (including phenoxy) is 1. The molecular formula is C15H16F2N2O3S2. The lowest BCUT2D eigenvalue weighted by atomic mass is 10.1. The van der Waals surface area contributed by atoms with Gasteiger partial charge >= 0.3 is 5.97 Å². The van der Waals surface area contributed by atoms with Crippen LogP contribution in [0.5, 0.6) is 0 Å². The molecule has 1 unspecified atom stereocenters. The molecule has 9 heteroatoms. The van der Waals surface area contributed by atoms with Crippen LogP contribution in [0.15, 0.2) is 11.4 Å². The average Bonchev–Trinajstić information content (AvgIpc) is 3.19. The molecule has 0 spiro atoms. The number of rotatable bonds is 5. The highest BCUT2D eigenvalue weighted by Gasteiger charge is 2.42. The first-order valence-corrected chi connectivity index (χ1v) is 9.16. The average molecular weight is 374 g/mol. The zero-order chi connectivity index (χ0) is 17.3. The van der Waals surface area contributed by atoms with Crippen LogP contribution in [0, 0.1) is 0 Å². The van der Waals surface area contributed by atoms with Gasteiger partial charge in [0.15, 0.2) is 0 Å². The van der Waals surface area contributed by atoms with Crippen LogP contribution in [0.25, 0.3) is 9.40 Å². The SMILES string of the molecule is CCOC(=O)c1sc2ccsc2c1CNC(=O)C1CC(F)(F)CN1. The lowest BCUT2D eigenvalue weighted by Crippen LogP contribution is -2.40. The number of nitrogens with one attached hydrogen (secondary N) is 2. The van der Waals surface area contributed by atoms with Crippen LogP contribution in [0.2, 0.25) is 0 Å². The van der Waals surface area contributed by atoms with E-state index in [1.54, 1.807) is 6.92 Å². The molecular weight excluding hydrogens is 358 g/mol. The molecule has 1 fully saturated rings. The number of carbonyl (C=O) groups is 2. The molecule has 0 aromatic carbocycles. The van der Waals surface area contributed by atoms with Gasteiger partial charge in [0.1, 0.15) is 4.88 Å². The number of thiophene rings is 2. The Bertz CT molecular complexity index is 772. The van der Waals surface area contributed by atoms with E-state index in [0.29, 0.717) is 10.4 Å². The van der Waals surface area contributed by atoms with Crippen molar-refractivity contribution in [1.29, 1.82) is 0 Å².